The first-order valence-corrected chi connectivity index (χ1v) is 7.96. The standard InChI is InChI=1S/C15H30N4O.3ClH/c1-12(2)14(16)15(20)19-10-8-18(9-11-19)13-4-6-17(3)7-5-13;;;/h12-14H,4-11,16H2,1-3H3;3*1H/t14-;;;/m0.../s1. The number of rotatable bonds is 3. The third kappa shape index (κ3) is 6.92. The minimum absolute atomic E-state index is 0. The van der Waals surface area contributed by atoms with E-state index in [1.54, 1.807) is 0 Å². The summed E-state index contributed by atoms with van der Waals surface area (Å²) in [5.41, 5.74) is 5.97. The number of carbonyl (C=O) groups is 1. The molecule has 0 saturated carbocycles. The third-order valence-electron chi connectivity index (χ3n) is 4.83. The van der Waals surface area contributed by atoms with E-state index >= 15 is 0 Å². The van der Waals surface area contributed by atoms with E-state index < -0.39 is 0 Å². The van der Waals surface area contributed by atoms with Gasteiger partial charge in [0.15, 0.2) is 0 Å². The van der Waals surface area contributed by atoms with Gasteiger partial charge >= 0.3 is 0 Å². The van der Waals surface area contributed by atoms with E-state index in [4.69, 9.17) is 5.73 Å². The van der Waals surface area contributed by atoms with Gasteiger partial charge in [0.05, 0.1) is 6.04 Å². The van der Waals surface area contributed by atoms with Gasteiger partial charge in [0.2, 0.25) is 5.91 Å². The summed E-state index contributed by atoms with van der Waals surface area (Å²) in [5, 5.41) is 0. The zero-order valence-electron chi connectivity index (χ0n) is 14.4. The molecule has 8 heteroatoms. The summed E-state index contributed by atoms with van der Waals surface area (Å²) in [5.74, 6) is 0.345. The lowest BCUT2D eigenvalue weighted by Crippen LogP contribution is -2.57. The molecule has 1 amide bonds. The maximum absolute atomic E-state index is 12.2. The number of likely N-dealkylation sites (tertiary alicyclic amines) is 1. The van der Waals surface area contributed by atoms with Crippen molar-refractivity contribution >= 4 is 43.1 Å². The van der Waals surface area contributed by atoms with Crippen LogP contribution in [0.25, 0.3) is 0 Å². The molecule has 23 heavy (non-hydrogen) atoms. The molecule has 2 N–H and O–H groups in total. The molecule has 1 atom stereocenters. The molecule has 2 saturated heterocycles. The maximum Gasteiger partial charge on any atom is 0.239 e. The molecule has 0 aromatic rings. The van der Waals surface area contributed by atoms with E-state index in [1.807, 2.05) is 18.7 Å². The lowest BCUT2D eigenvalue weighted by molar-refractivity contribution is -0.135. The monoisotopic (exact) mass is 390 g/mol. The molecule has 0 aromatic heterocycles. The molecule has 2 fully saturated rings. The van der Waals surface area contributed by atoms with Gasteiger partial charge in [-0.1, -0.05) is 13.8 Å². The Bertz CT molecular complexity index is 331. The van der Waals surface area contributed by atoms with Crippen LogP contribution in [-0.4, -0.2) is 79.0 Å². The summed E-state index contributed by atoms with van der Waals surface area (Å²) in [6, 6.07) is 0.368. The molecular weight excluding hydrogens is 359 g/mol. The summed E-state index contributed by atoms with van der Waals surface area (Å²) >= 11 is 0. The Kier molecular flexibility index (Phi) is 13.0. The van der Waals surface area contributed by atoms with Crippen LogP contribution in [0.3, 0.4) is 0 Å². The molecule has 0 radical (unpaired) electrons. The second kappa shape index (κ2) is 11.7. The van der Waals surface area contributed by atoms with Crippen LogP contribution in [0.5, 0.6) is 0 Å². The Labute approximate surface area is 159 Å². The van der Waals surface area contributed by atoms with Crippen LogP contribution in [0.15, 0.2) is 0 Å². The van der Waals surface area contributed by atoms with E-state index in [0.29, 0.717) is 6.04 Å². The Morgan fingerprint density at radius 2 is 1.43 bits per heavy atom. The van der Waals surface area contributed by atoms with Gasteiger partial charge in [-0.05, 0) is 38.9 Å². The molecule has 0 aromatic carbocycles. The van der Waals surface area contributed by atoms with E-state index in [1.165, 1.54) is 25.9 Å². The second-order valence-electron chi connectivity index (χ2n) is 6.67. The molecule has 2 aliphatic rings. The fourth-order valence-corrected chi connectivity index (χ4v) is 3.16. The van der Waals surface area contributed by atoms with E-state index in [-0.39, 0.29) is 55.1 Å². The lowest BCUT2D eigenvalue weighted by Gasteiger charge is -2.42. The minimum atomic E-state index is -0.343. The van der Waals surface area contributed by atoms with Gasteiger partial charge < -0.3 is 15.5 Å². The Morgan fingerprint density at radius 3 is 1.87 bits per heavy atom. The first kappa shape index (κ1) is 25.5. The molecule has 140 valence electrons. The molecule has 0 bridgehead atoms. The highest BCUT2D eigenvalue weighted by molar-refractivity contribution is 5.86. The Morgan fingerprint density at radius 1 is 0.957 bits per heavy atom. The third-order valence-corrected chi connectivity index (χ3v) is 4.83. The van der Waals surface area contributed by atoms with Crippen molar-refractivity contribution in [1.82, 2.24) is 14.7 Å². The SMILES string of the molecule is CC(C)[C@H](N)C(=O)N1CCN(C2CCN(C)CC2)CC1.Cl.Cl.Cl. The van der Waals surface area contributed by atoms with Gasteiger partial charge in [0.1, 0.15) is 0 Å². The van der Waals surface area contributed by atoms with Crippen LogP contribution < -0.4 is 5.73 Å². The van der Waals surface area contributed by atoms with Crippen molar-refractivity contribution < 1.29 is 4.79 Å². The summed E-state index contributed by atoms with van der Waals surface area (Å²) in [6.45, 7) is 10.1. The van der Waals surface area contributed by atoms with Gasteiger partial charge in [-0.15, -0.1) is 37.2 Å². The predicted octanol–water partition coefficient (Wildman–Crippen LogP) is 1.47. The van der Waals surface area contributed by atoms with E-state index in [9.17, 15) is 4.79 Å². The predicted molar refractivity (Wildman–Crippen MR) is 103 cm³/mol. The van der Waals surface area contributed by atoms with Crippen LogP contribution in [0.4, 0.5) is 0 Å². The summed E-state index contributed by atoms with van der Waals surface area (Å²) in [7, 11) is 2.19. The Balaban J connectivity index is 0. The van der Waals surface area contributed by atoms with Gasteiger partial charge in [-0.3, -0.25) is 9.69 Å². The number of piperazine rings is 1. The number of amides is 1. The summed E-state index contributed by atoms with van der Waals surface area (Å²) in [6.07, 6.45) is 2.52. The van der Waals surface area contributed by atoms with Crippen molar-refractivity contribution in [3.63, 3.8) is 0 Å². The quantitative estimate of drug-likeness (QED) is 0.791. The molecule has 5 nitrogen and oxygen atoms in total. The van der Waals surface area contributed by atoms with Crippen molar-refractivity contribution in [2.24, 2.45) is 11.7 Å². The summed E-state index contributed by atoms with van der Waals surface area (Å²) in [4.78, 5) is 19.2. The number of halogens is 3. The number of nitrogens with two attached hydrogens (primary N) is 1. The van der Waals surface area contributed by atoms with E-state index in [0.717, 1.165) is 26.2 Å². The number of piperidine rings is 1. The smallest absolute Gasteiger partial charge is 0.239 e. The van der Waals surface area contributed by atoms with Gasteiger partial charge in [-0.2, -0.15) is 0 Å². The lowest BCUT2D eigenvalue weighted by atomic mass is 10.0. The van der Waals surface area contributed by atoms with Crippen molar-refractivity contribution in [3.8, 4) is 0 Å². The fraction of sp³-hybridized carbons (Fsp3) is 0.933. The van der Waals surface area contributed by atoms with E-state index in [2.05, 4.69) is 16.8 Å². The van der Waals surface area contributed by atoms with Gasteiger partial charge in [0, 0.05) is 32.2 Å². The number of hydrogen-bond acceptors (Lipinski definition) is 4. The summed E-state index contributed by atoms with van der Waals surface area (Å²) < 4.78 is 0. The first-order chi connectivity index (χ1) is 9.49. The van der Waals surface area contributed by atoms with Crippen LogP contribution in [0.1, 0.15) is 26.7 Å². The topological polar surface area (TPSA) is 52.8 Å². The number of hydrogen-bond donors (Lipinski definition) is 1. The highest BCUT2D eigenvalue weighted by atomic mass is 35.5. The van der Waals surface area contributed by atoms with Crippen molar-refractivity contribution in [3.05, 3.63) is 0 Å². The van der Waals surface area contributed by atoms with Gasteiger partial charge in [-0.25, -0.2) is 0 Å². The van der Waals surface area contributed by atoms with Crippen LogP contribution in [0.2, 0.25) is 0 Å². The molecule has 2 aliphatic heterocycles. The zero-order valence-corrected chi connectivity index (χ0v) is 16.9. The van der Waals surface area contributed by atoms with Crippen molar-refractivity contribution in [1.29, 1.82) is 0 Å². The van der Waals surface area contributed by atoms with Crippen molar-refractivity contribution in [2.45, 2.75) is 38.8 Å². The van der Waals surface area contributed by atoms with Crippen LogP contribution >= 0.6 is 37.2 Å². The van der Waals surface area contributed by atoms with Crippen LogP contribution in [0, 0.1) is 5.92 Å². The molecule has 0 unspecified atom stereocenters. The molecular formula is C15H33Cl3N4O. The molecule has 2 heterocycles. The molecule has 0 spiro atoms. The van der Waals surface area contributed by atoms with Crippen molar-refractivity contribution in [2.75, 3.05) is 46.3 Å². The van der Waals surface area contributed by atoms with Gasteiger partial charge in [0.25, 0.3) is 0 Å². The fourth-order valence-electron chi connectivity index (χ4n) is 3.16. The zero-order chi connectivity index (χ0) is 14.7. The highest BCUT2D eigenvalue weighted by Gasteiger charge is 2.30. The highest BCUT2D eigenvalue weighted by Crippen LogP contribution is 2.18. The molecule has 0 aliphatic carbocycles. The first-order valence-electron chi connectivity index (χ1n) is 7.96. The number of carbonyl (C=O) groups excluding carboxylic acids is 1. The Hall–Kier alpha value is 0.220. The van der Waals surface area contributed by atoms with Crippen LogP contribution in [-0.2, 0) is 4.79 Å². The largest absolute Gasteiger partial charge is 0.339 e. The maximum atomic E-state index is 12.2. The molecule has 2 rings (SSSR count). The normalized spacial score (nSPS) is 21.9. The average molecular weight is 392 g/mol. The number of nitrogens with zero attached hydrogens (tertiary/aromatic N) is 3. The second-order valence-corrected chi connectivity index (χ2v) is 6.67. The minimum Gasteiger partial charge on any atom is -0.339 e. The average Bonchev–Trinajstić information content (AvgIpc) is 2.46.